The Morgan fingerprint density at radius 3 is 2.08 bits per heavy atom. The van der Waals surface area contributed by atoms with E-state index in [0.29, 0.717) is 36.0 Å². The minimum Gasteiger partial charge on any atom is -0.493 e. The number of hydrogen-bond donors (Lipinski definition) is 1. The van der Waals surface area contributed by atoms with E-state index in [1.807, 2.05) is 60.7 Å². The summed E-state index contributed by atoms with van der Waals surface area (Å²) < 4.78 is 24.6. The van der Waals surface area contributed by atoms with Gasteiger partial charge in [-0.3, -0.25) is 0 Å². The van der Waals surface area contributed by atoms with Crippen LogP contribution >= 0.6 is 0 Å². The van der Waals surface area contributed by atoms with Crippen LogP contribution in [0.5, 0.6) is 17.2 Å². The predicted octanol–water partition coefficient (Wildman–Crippen LogP) is 7.80. The van der Waals surface area contributed by atoms with Crippen molar-refractivity contribution in [1.29, 1.82) is 0 Å². The third-order valence-electron chi connectivity index (χ3n) is 10.2. The van der Waals surface area contributed by atoms with E-state index in [1.54, 1.807) is 14.2 Å². The average molecular weight is 640 g/mol. The highest BCUT2D eigenvalue weighted by Gasteiger charge is 2.47. The molecule has 2 aliphatic heterocycles. The second-order valence-corrected chi connectivity index (χ2v) is 13.1. The van der Waals surface area contributed by atoms with Gasteiger partial charge >= 0.3 is 5.97 Å². The van der Waals surface area contributed by atoms with Crippen LogP contribution in [0.4, 0.5) is 5.69 Å². The zero-order valence-electron chi connectivity index (χ0n) is 27.5. The van der Waals surface area contributed by atoms with Crippen LogP contribution in [-0.4, -0.2) is 51.6 Å². The van der Waals surface area contributed by atoms with Gasteiger partial charge in [0.25, 0.3) is 0 Å². The van der Waals surface area contributed by atoms with Crippen LogP contribution < -0.4 is 19.1 Å². The van der Waals surface area contributed by atoms with Gasteiger partial charge in [-0.05, 0) is 58.0 Å². The molecule has 0 radical (unpaired) electrons. The number of methoxy groups -OCH3 is 2. The maximum Gasteiger partial charge on any atom is 0.336 e. The van der Waals surface area contributed by atoms with Gasteiger partial charge in [0.1, 0.15) is 5.75 Å². The summed E-state index contributed by atoms with van der Waals surface area (Å²) in [6.45, 7) is 7.33. The molecule has 48 heavy (non-hydrogen) atoms. The van der Waals surface area contributed by atoms with Crippen molar-refractivity contribution in [3.8, 4) is 28.4 Å². The number of benzene rings is 5. The van der Waals surface area contributed by atoms with Gasteiger partial charge in [-0.2, -0.15) is 0 Å². The maximum absolute atomic E-state index is 13.6. The highest BCUT2D eigenvalue weighted by Crippen LogP contribution is 2.60. The van der Waals surface area contributed by atoms with Gasteiger partial charge in [0.2, 0.25) is 0 Å². The first-order valence-electron chi connectivity index (χ1n) is 16.3. The van der Waals surface area contributed by atoms with Crippen molar-refractivity contribution in [1.82, 2.24) is 0 Å². The fraction of sp³-hybridized carbons (Fsp3) is 0.244. The molecule has 3 aliphatic rings. The molecular formula is C41H37NO6. The molecule has 0 bridgehead atoms. The Hall–Kier alpha value is -5.27. The molecule has 1 saturated heterocycles. The largest absolute Gasteiger partial charge is 0.493 e. The summed E-state index contributed by atoms with van der Waals surface area (Å²) in [4.78, 5) is 15.9. The number of nitrogens with zero attached hydrogens (tertiary/aromatic N) is 1. The second-order valence-electron chi connectivity index (χ2n) is 13.1. The standard InChI is InChI=1S/C41H37NO6/c1-40(2)32-13-9-8-12-28(32)35-29-22-33(45-3)34(46-4)23-30(29)38-36(37(35)40)31(39(43)44)24-41(48-38,25-10-6-5-7-11-25)26-14-16-27(17-15-26)42-18-20-47-21-19-42/h5-17,22-24H,18-21H2,1-4H3,(H,43,44). The third kappa shape index (κ3) is 4.34. The summed E-state index contributed by atoms with van der Waals surface area (Å²) in [5.74, 6) is 0.616. The number of carboxylic acids is 1. The molecule has 5 aromatic carbocycles. The van der Waals surface area contributed by atoms with Crippen LogP contribution in [-0.2, 0) is 20.5 Å². The van der Waals surface area contributed by atoms with Gasteiger partial charge in [-0.1, -0.05) is 80.6 Å². The lowest BCUT2D eigenvalue weighted by Crippen LogP contribution is -2.38. The first-order valence-corrected chi connectivity index (χ1v) is 16.3. The Morgan fingerprint density at radius 1 is 0.792 bits per heavy atom. The van der Waals surface area contributed by atoms with Gasteiger partial charge in [0, 0.05) is 46.3 Å². The molecule has 2 heterocycles. The van der Waals surface area contributed by atoms with Crippen molar-refractivity contribution >= 4 is 28.0 Å². The summed E-state index contributed by atoms with van der Waals surface area (Å²) in [6.07, 6.45) is 1.81. The molecule has 7 nitrogen and oxygen atoms in total. The van der Waals surface area contributed by atoms with Crippen LogP contribution in [0.2, 0.25) is 0 Å². The Balaban J connectivity index is 1.46. The minimum absolute atomic E-state index is 0.200. The molecule has 0 spiro atoms. The average Bonchev–Trinajstić information content (AvgIpc) is 3.37. The van der Waals surface area contributed by atoms with Crippen molar-refractivity contribution < 1.29 is 28.8 Å². The molecule has 0 saturated carbocycles. The highest BCUT2D eigenvalue weighted by molar-refractivity contribution is 6.22. The number of rotatable bonds is 6. The zero-order valence-corrected chi connectivity index (χ0v) is 27.5. The Bertz CT molecular complexity index is 2110. The van der Waals surface area contributed by atoms with Crippen molar-refractivity contribution in [2.24, 2.45) is 0 Å². The number of aliphatic carboxylic acids is 1. The van der Waals surface area contributed by atoms with E-state index in [-0.39, 0.29) is 5.57 Å². The van der Waals surface area contributed by atoms with E-state index < -0.39 is 17.0 Å². The number of morpholine rings is 1. The molecule has 5 aromatic rings. The number of fused-ring (bicyclic) bond motifs is 8. The Kier molecular flexibility index (Phi) is 7.00. The summed E-state index contributed by atoms with van der Waals surface area (Å²) >= 11 is 0. The lowest BCUT2D eigenvalue weighted by Gasteiger charge is -2.40. The molecule has 0 aromatic heterocycles. The molecular weight excluding hydrogens is 602 g/mol. The van der Waals surface area contributed by atoms with Gasteiger partial charge < -0.3 is 29.0 Å². The number of carboxylic acid groups (broad SMARTS) is 1. The zero-order chi connectivity index (χ0) is 33.2. The number of carbonyl (C=O) groups is 1. The molecule has 7 heteroatoms. The van der Waals surface area contributed by atoms with Gasteiger partial charge in [-0.15, -0.1) is 0 Å². The second kappa shape index (κ2) is 11.2. The van der Waals surface area contributed by atoms with Crippen LogP contribution in [0.1, 0.15) is 41.7 Å². The Morgan fingerprint density at radius 2 is 1.42 bits per heavy atom. The fourth-order valence-corrected chi connectivity index (χ4v) is 7.94. The molecule has 1 unspecified atom stereocenters. The molecule has 242 valence electrons. The van der Waals surface area contributed by atoms with Gasteiger partial charge in [-0.25, -0.2) is 4.79 Å². The van der Waals surface area contributed by atoms with Crippen molar-refractivity contribution in [2.75, 3.05) is 45.4 Å². The smallest absolute Gasteiger partial charge is 0.336 e. The molecule has 1 aliphatic carbocycles. The minimum atomic E-state index is -1.24. The Labute approximate surface area is 279 Å². The van der Waals surface area contributed by atoms with E-state index in [9.17, 15) is 9.90 Å². The van der Waals surface area contributed by atoms with Crippen LogP contribution in [0, 0.1) is 0 Å². The molecule has 1 fully saturated rings. The van der Waals surface area contributed by atoms with Crippen LogP contribution in [0.25, 0.3) is 27.5 Å². The quantitative estimate of drug-likeness (QED) is 0.203. The third-order valence-corrected chi connectivity index (χ3v) is 10.2. The number of anilines is 1. The molecule has 1 atom stereocenters. The molecule has 0 amide bonds. The van der Waals surface area contributed by atoms with E-state index in [1.165, 1.54) is 0 Å². The molecule has 8 rings (SSSR count). The summed E-state index contributed by atoms with van der Waals surface area (Å²) in [7, 11) is 3.23. The highest BCUT2D eigenvalue weighted by atomic mass is 16.5. The molecule has 1 N–H and O–H groups in total. The fourth-order valence-electron chi connectivity index (χ4n) is 7.94. The van der Waals surface area contributed by atoms with Crippen molar-refractivity contribution in [2.45, 2.75) is 24.9 Å². The first kappa shape index (κ1) is 30.1. The first-order chi connectivity index (χ1) is 23.3. The summed E-state index contributed by atoms with van der Waals surface area (Å²) in [5.41, 5.74) is 5.90. The van der Waals surface area contributed by atoms with Gasteiger partial charge in [0.15, 0.2) is 17.1 Å². The number of ether oxygens (including phenoxy) is 4. The lowest BCUT2D eigenvalue weighted by molar-refractivity contribution is -0.130. The van der Waals surface area contributed by atoms with Crippen molar-refractivity contribution in [3.63, 3.8) is 0 Å². The maximum atomic E-state index is 13.6. The van der Waals surface area contributed by atoms with Crippen LogP contribution in [0.3, 0.4) is 0 Å². The van der Waals surface area contributed by atoms with E-state index in [0.717, 1.165) is 62.9 Å². The topological polar surface area (TPSA) is 77.5 Å². The SMILES string of the molecule is COc1cc2c3c(c4c(c2cc1OC)-c1ccccc1C4(C)C)C(C(=O)O)=CC(c1ccccc1)(c1ccc(N2CCOCC2)cc1)O3. The summed E-state index contributed by atoms with van der Waals surface area (Å²) in [5, 5.41) is 12.8. The number of hydrogen-bond acceptors (Lipinski definition) is 6. The van der Waals surface area contributed by atoms with Crippen LogP contribution in [0.15, 0.2) is 97.1 Å². The lowest BCUT2D eigenvalue weighted by atomic mass is 9.74. The monoisotopic (exact) mass is 639 g/mol. The predicted molar refractivity (Wildman–Crippen MR) is 188 cm³/mol. The van der Waals surface area contributed by atoms with E-state index in [2.05, 4.69) is 55.1 Å². The van der Waals surface area contributed by atoms with E-state index >= 15 is 0 Å². The normalized spacial score (nSPS) is 19.1. The van der Waals surface area contributed by atoms with E-state index in [4.69, 9.17) is 18.9 Å². The van der Waals surface area contributed by atoms with Gasteiger partial charge in [0.05, 0.1) is 33.0 Å². The summed E-state index contributed by atoms with van der Waals surface area (Å²) in [6, 6.07) is 30.4. The van der Waals surface area contributed by atoms with Crippen molar-refractivity contribution in [3.05, 3.63) is 125 Å².